The first kappa shape index (κ1) is 16.2. The molecule has 0 saturated carbocycles. The zero-order chi connectivity index (χ0) is 15.9. The predicted molar refractivity (Wildman–Crippen MR) is 90.2 cm³/mol. The van der Waals surface area contributed by atoms with Crippen molar-refractivity contribution in [2.75, 3.05) is 25.0 Å². The van der Waals surface area contributed by atoms with Gasteiger partial charge >= 0.3 is 6.03 Å². The van der Waals surface area contributed by atoms with E-state index in [1.807, 2.05) is 36.6 Å². The topological polar surface area (TPSA) is 65.5 Å². The van der Waals surface area contributed by atoms with Gasteiger partial charge in [0.05, 0.1) is 17.3 Å². The third-order valence-electron chi connectivity index (χ3n) is 3.06. The second kappa shape index (κ2) is 7.72. The van der Waals surface area contributed by atoms with E-state index in [1.54, 1.807) is 17.4 Å². The van der Waals surface area contributed by atoms with Crippen molar-refractivity contribution in [2.45, 2.75) is 6.92 Å². The summed E-state index contributed by atoms with van der Waals surface area (Å²) in [6.07, 6.45) is 1.63. The van der Waals surface area contributed by atoms with E-state index >= 15 is 0 Å². The number of aromatic nitrogens is 1. The molecule has 116 valence electrons. The van der Waals surface area contributed by atoms with E-state index in [1.165, 1.54) is 4.90 Å². The lowest BCUT2D eigenvalue weighted by Gasteiger charge is -2.20. The van der Waals surface area contributed by atoms with Gasteiger partial charge < -0.3 is 15.3 Å². The Morgan fingerprint density at radius 3 is 2.73 bits per heavy atom. The molecule has 1 heterocycles. The molecule has 0 aliphatic heterocycles. The SMILES string of the molecule is C=CCN(CCO)C(=O)Nc1ccc(-c2csc(C)n2)cc1. The number of carbonyl (C=O) groups excluding carboxylic acids is 1. The number of hydrogen-bond acceptors (Lipinski definition) is 4. The number of rotatable bonds is 6. The largest absolute Gasteiger partial charge is 0.395 e. The Labute approximate surface area is 133 Å². The van der Waals surface area contributed by atoms with Crippen molar-refractivity contribution in [2.24, 2.45) is 0 Å². The molecule has 0 aliphatic carbocycles. The van der Waals surface area contributed by atoms with Crippen LogP contribution in [0, 0.1) is 6.92 Å². The lowest BCUT2D eigenvalue weighted by atomic mass is 10.1. The number of urea groups is 1. The van der Waals surface area contributed by atoms with Crippen molar-refractivity contribution < 1.29 is 9.90 Å². The van der Waals surface area contributed by atoms with Gasteiger partial charge in [-0.05, 0) is 19.1 Å². The first-order valence-corrected chi connectivity index (χ1v) is 7.82. The fraction of sp³-hybridized carbons (Fsp3) is 0.250. The Bertz CT molecular complexity index is 637. The van der Waals surface area contributed by atoms with Gasteiger partial charge in [0.1, 0.15) is 0 Å². The molecule has 0 bridgehead atoms. The number of aryl methyl sites for hydroxylation is 1. The van der Waals surface area contributed by atoms with Crippen LogP contribution in [0.2, 0.25) is 0 Å². The van der Waals surface area contributed by atoms with E-state index in [2.05, 4.69) is 16.9 Å². The van der Waals surface area contributed by atoms with Crippen LogP contribution in [-0.4, -0.2) is 40.7 Å². The number of aliphatic hydroxyl groups excluding tert-OH is 1. The minimum Gasteiger partial charge on any atom is -0.395 e. The maximum Gasteiger partial charge on any atom is 0.322 e. The third-order valence-corrected chi connectivity index (χ3v) is 3.83. The van der Waals surface area contributed by atoms with Gasteiger partial charge in [-0.2, -0.15) is 0 Å². The summed E-state index contributed by atoms with van der Waals surface area (Å²) in [7, 11) is 0. The first-order valence-electron chi connectivity index (χ1n) is 6.94. The number of hydrogen-bond donors (Lipinski definition) is 2. The molecule has 0 spiro atoms. The average molecular weight is 317 g/mol. The van der Waals surface area contributed by atoms with Gasteiger partial charge in [0.2, 0.25) is 0 Å². The number of benzene rings is 1. The zero-order valence-electron chi connectivity index (χ0n) is 12.5. The first-order chi connectivity index (χ1) is 10.6. The van der Waals surface area contributed by atoms with Gasteiger partial charge in [-0.15, -0.1) is 17.9 Å². The highest BCUT2D eigenvalue weighted by Crippen LogP contribution is 2.23. The molecule has 0 atom stereocenters. The van der Waals surface area contributed by atoms with E-state index in [0.29, 0.717) is 12.2 Å². The molecule has 1 aromatic carbocycles. The smallest absolute Gasteiger partial charge is 0.322 e. The number of thiazole rings is 1. The van der Waals surface area contributed by atoms with E-state index in [0.717, 1.165) is 16.3 Å². The van der Waals surface area contributed by atoms with E-state index in [4.69, 9.17) is 5.11 Å². The average Bonchev–Trinajstić information content (AvgIpc) is 2.94. The second-order valence-corrected chi connectivity index (χ2v) is 5.78. The van der Waals surface area contributed by atoms with E-state index in [-0.39, 0.29) is 19.2 Å². The summed E-state index contributed by atoms with van der Waals surface area (Å²) in [4.78, 5) is 18.0. The van der Waals surface area contributed by atoms with Gasteiger partial charge in [0.15, 0.2) is 0 Å². The number of nitrogens with zero attached hydrogens (tertiary/aromatic N) is 2. The van der Waals surface area contributed by atoms with Crippen LogP contribution in [0.5, 0.6) is 0 Å². The monoisotopic (exact) mass is 317 g/mol. The van der Waals surface area contributed by atoms with Gasteiger partial charge in [0, 0.05) is 29.7 Å². The molecule has 0 aliphatic rings. The van der Waals surface area contributed by atoms with Crippen molar-refractivity contribution in [3.8, 4) is 11.3 Å². The maximum absolute atomic E-state index is 12.1. The standard InChI is InChI=1S/C16H19N3O2S/c1-3-8-19(9-10-20)16(21)18-14-6-4-13(5-7-14)15-11-22-12(2)17-15/h3-7,11,20H,1,8-10H2,2H3,(H,18,21). The van der Waals surface area contributed by atoms with Crippen LogP contribution in [0.25, 0.3) is 11.3 Å². The lowest BCUT2D eigenvalue weighted by molar-refractivity contribution is 0.195. The number of carbonyl (C=O) groups is 1. The van der Waals surface area contributed by atoms with Crippen LogP contribution in [0.15, 0.2) is 42.3 Å². The summed E-state index contributed by atoms with van der Waals surface area (Å²) in [6, 6.07) is 7.27. The molecule has 0 fully saturated rings. The van der Waals surface area contributed by atoms with Crippen LogP contribution >= 0.6 is 11.3 Å². The summed E-state index contributed by atoms with van der Waals surface area (Å²) >= 11 is 1.61. The lowest BCUT2D eigenvalue weighted by Crippen LogP contribution is -2.37. The summed E-state index contributed by atoms with van der Waals surface area (Å²) in [6.45, 7) is 6.16. The van der Waals surface area contributed by atoms with Crippen LogP contribution in [-0.2, 0) is 0 Å². The molecule has 5 nitrogen and oxygen atoms in total. The minimum atomic E-state index is -0.258. The van der Waals surface area contributed by atoms with Gasteiger partial charge in [-0.3, -0.25) is 0 Å². The molecule has 6 heteroatoms. The van der Waals surface area contributed by atoms with E-state index in [9.17, 15) is 4.79 Å². The van der Waals surface area contributed by atoms with Crippen molar-refractivity contribution in [1.29, 1.82) is 0 Å². The Kier molecular flexibility index (Phi) is 5.68. The molecule has 2 rings (SSSR count). The molecule has 2 aromatic rings. The minimum absolute atomic E-state index is 0.0800. The van der Waals surface area contributed by atoms with Crippen molar-refractivity contribution in [1.82, 2.24) is 9.88 Å². The summed E-state index contributed by atoms with van der Waals surface area (Å²) in [5.74, 6) is 0. The fourth-order valence-electron chi connectivity index (χ4n) is 1.98. The predicted octanol–water partition coefficient (Wildman–Crippen LogP) is 3.13. The molecular formula is C16H19N3O2S. The fourth-order valence-corrected chi connectivity index (χ4v) is 2.60. The third kappa shape index (κ3) is 4.16. The van der Waals surface area contributed by atoms with Crippen LogP contribution in [0.4, 0.5) is 10.5 Å². The van der Waals surface area contributed by atoms with Crippen LogP contribution in [0.3, 0.4) is 0 Å². The normalized spacial score (nSPS) is 10.3. The quantitative estimate of drug-likeness (QED) is 0.805. The Balaban J connectivity index is 2.04. The van der Waals surface area contributed by atoms with Gasteiger partial charge in [0.25, 0.3) is 0 Å². The molecule has 2 amide bonds. The second-order valence-electron chi connectivity index (χ2n) is 4.72. The molecule has 22 heavy (non-hydrogen) atoms. The number of amides is 2. The van der Waals surface area contributed by atoms with Crippen molar-refractivity contribution in [3.05, 3.63) is 47.3 Å². The summed E-state index contributed by atoms with van der Waals surface area (Å²) < 4.78 is 0. The summed E-state index contributed by atoms with van der Waals surface area (Å²) in [5.41, 5.74) is 2.65. The molecule has 0 unspecified atom stereocenters. The van der Waals surface area contributed by atoms with E-state index < -0.39 is 0 Å². The number of anilines is 1. The van der Waals surface area contributed by atoms with Gasteiger partial charge in [-0.1, -0.05) is 18.2 Å². The number of nitrogens with one attached hydrogen (secondary N) is 1. The highest BCUT2D eigenvalue weighted by Gasteiger charge is 2.11. The Morgan fingerprint density at radius 2 is 2.18 bits per heavy atom. The Morgan fingerprint density at radius 1 is 1.45 bits per heavy atom. The molecule has 1 aromatic heterocycles. The van der Waals surface area contributed by atoms with Gasteiger partial charge in [-0.25, -0.2) is 9.78 Å². The van der Waals surface area contributed by atoms with Crippen LogP contribution < -0.4 is 5.32 Å². The highest BCUT2D eigenvalue weighted by atomic mass is 32.1. The van der Waals surface area contributed by atoms with Crippen molar-refractivity contribution in [3.63, 3.8) is 0 Å². The van der Waals surface area contributed by atoms with Crippen LogP contribution in [0.1, 0.15) is 5.01 Å². The molecule has 2 N–H and O–H groups in total. The molecular weight excluding hydrogens is 298 g/mol. The number of aliphatic hydroxyl groups is 1. The maximum atomic E-state index is 12.1. The zero-order valence-corrected chi connectivity index (χ0v) is 13.3. The van der Waals surface area contributed by atoms with Crippen molar-refractivity contribution >= 4 is 23.1 Å². The molecule has 0 radical (unpaired) electrons. The summed E-state index contributed by atoms with van der Waals surface area (Å²) in [5, 5.41) is 14.8. The molecule has 0 saturated heterocycles. The highest BCUT2D eigenvalue weighted by molar-refractivity contribution is 7.09. The Hall–Kier alpha value is -2.18.